The molecule has 2 nitrogen and oxygen atoms in total. The molecule has 3 heteroatoms. The summed E-state index contributed by atoms with van der Waals surface area (Å²) in [6, 6.07) is 21.1. The molecule has 25 heavy (non-hydrogen) atoms. The van der Waals surface area contributed by atoms with Gasteiger partial charge in [0, 0.05) is 0 Å². The van der Waals surface area contributed by atoms with E-state index >= 15 is 0 Å². The van der Waals surface area contributed by atoms with Crippen molar-refractivity contribution in [1.82, 2.24) is 5.32 Å². The number of nitrogens with one attached hydrogen (secondary N) is 1. The monoisotopic (exact) mass is 345 g/mol. The molecule has 1 atom stereocenters. The average molecular weight is 345 g/mol. The first kappa shape index (κ1) is 17.2. The summed E-state index contributed by atoms with van der Waals surface area (Å²) in [4.78, 5) is 12.1. The Hall–Kier alpha value is -2.62. The Labute approximate surface area is 150 Å². The zero-order valence-electron chi connectivity index (χ0n) is 13.9. The minimum atomic E-state index is -0.608. The summed E-state index contributed by atoms with van der Waals surface area (Å²) in [5.74, 6) is 2.29. The van der Waals surface area contributed by atoms with Crippen LogP contribution in [-0.2, 0) is 4.79 Å². The molecule has 3 rings (SSSR count). The van der Waals surface area contributed by atoms with Gasteiger partial charge in [-0.3, -0.25) is 4.79 Å². The Morgan fingerprint density at radius 2 is 1.68 bits per heavy atom. The predicted octanol–water partition coefficient (Wildman–Crippen LogP) is 3.33. The molecule has 1 N–H and O–H groups in total. The molecule has 0 saturated carbocycles. The van der Waals surface area contributed by atoms with E-state index < -0.39 is 7.92 Å². The average Bonchev–Trinajstić information content (AvgIpc) is 2.68. The van der Waals surface area contributed by atoms with Crippen molar-refractivity contribution in [2.45, 2.75) is 6.42 Å². The van der Waals surface area contributed by atoms with Crippen LogP contribution in [0.2, 0.25) is 0 Å². The van der Waals surface area contributed by atoms with E-state index in [9.17, 15) is 4.79 Å². The number of carbonyl (C=O) groups is 1. The second-order valence-corrected chi connectivity index (χ2v) is 7.98. The van der Waals surface area contributed by atoms with Crippen LogP contribution in [0.5, 0.6) is 0 Å². The zero-order chi connectivity index (χ0) is 17.5. The Morgan fingerprint density at radius 3 is 2.16 bits per heavy atom. The van der Waals surface area contributed by atoms with E-state index in [0.29, 0.717) is 6.42 Å². The maximum Gasteiger partial charge on any atom is 0.227 e. The van der Waals surface area contributed by atoms with Gasteiger partial charge in [-0.25, -0.2) is 0 Å². The van der Waals surface area contributed by atoms with E-state index in [-0.39, 0.29) is 18.4 Å². The van der Waals surface area contributed by atoms with E-state index in [1.165, 1.54) is 15.9 Å². The lowest BCUT2D eigenvalue weighted by molar-refractivity contribution is -0.123. The third-order valence-electron chi connectivity index (χ3n) is 4.07. The molecule has 1 unspecified atom stereocenters. The van der Waals surface area contributed by atoms with Crippen LogP contribution in [0.25, 0.3) is 0 Å². The normalized spacial score (nSPS) is 16.2. The zero-order valence-corrected chi connectivity index (χ0v) is 14.8. The van der Waals surface area contributed by atoms with Crippen molar-refractivity contribution in [3.63, 3.8) is 0 Å². The van der Waals surface area contributed by atoms with Gasteiger partial charge in [-0.2, -0.15) is 0 Å². The smallest absolute Gasteiger partial charge is 0.227 e. The van der Waals surface area contributed by atoms with Crippen LogP contribution in [0.3, 0.4) is 0 Å². The predicted molar refractivity (Wildman–Crippen MR) is 106 cm³/mol. The topological polar surface area (TPSA) is 29.1 Å². The molecule has 0 saturated heterocycles. The SMILES string of the molecule is C#CCNC(=O)C1C=CC(P(c2ccccc2)c2ccccc2)=CC1. The summed E-state index contributed by atoms with van der Waals surface area (Å²) in [5, 5.41) is 6.67. The quantitative estimate of drug-likeness (QED) is 0.654. The van der Waals surface area contributed by atoms with E-state index in [4.69, 9.17) is 6.42 Å². The molecule has 0 heterocycles. The summed E-state index contributed by atoms with van der Waals surface area (Å²) >= 11 is 0. The lowest BCUT2D eigenvalue weighted by Gasteiger charge is -2.23. The summed E-state index contributed by atoms with van der Waals surface area (Å²) in [6.07, 6.45) is 12.2. The number of amides is 1. The van der Waals surface area contributed by atoms with Crippen molar-refractivity contribution >= 4 is 24.4 Å². The summed E-state index contributed by atoms with van der Waals surface area (Å²) < 4.78 is 0. The molecular formula is C22H20NOP. The Balaban J connectivity index is 1.84. The second-order valence-electron chi connectivity index (χ2n) is 5.76. The van der Waals surface area contributed by atoms with Crippen LogP contribution < -0.4 is 15.9 Å². The van der Waals surface area contributed by atoms with Gasteiger partial charge in [0.2, 0.25) is 5.91 Å². The highest BCUT2D eigenvalue weighted by Crippen LogP contribution is 2.45. The minimum Gasteiger partial charge on any atom is -0.345 e. The van der Waals surface area contributed by atoms with Crippen LogP contribution in [0.15, 0.2) is 84.2 Å². The number of allylic oxidation sites excluding steroid dienone is 3. The fourth-order valence-corrected chi connectivity index (χ4v) is 5.20. The van der Waals surface area contributed by atoms with Crippen molar-refractivity contribution in [3.8, 4) is 12.3 Å². The molecule has 124 valence electrons. The molecule has 0 aromatic heterocycles. The highest BCUT2D eigenvalue weighted by Gasteiger charge is 2.22. The third-order valence-corrected chi connectivity index (χ3v) is 6.55. The van der Waals surface area contributed by atoms with Crippen LogP contribution >= 0.6 is 7.92 Å². The van der Waals surface area contributed by atoms with E-state index in [1.54, 1.807) is 0 Å². The number of rotatable bonds is 5. The lowest BCUT2D eigenvalue weighted by Crippen LogP contribution is -2.30. The van der Waals surface area contributed by atoms with Gasteiger partial charge in [0.25, 0.3) is 0 Å². The fourth-order valence-electron chi connectivity index (χ4n) is 2.84. The number of hydrogen-bond donors (Lipinski definition) is 1. The maximum absolute atomic E-state index is 12.1. The first-order valence-electron chi connectivity index (χ1n) is 8.29. The number of terminal acetylenes is 1. The Morgan fingerprint density at radius 1 is 1.08 bits per heavy atom. The van der Waals surface area contributed by atoms with Crippen molar-refractivity contribution in [1.29, 1.82) is 0 Å². The number of hydrogen-bond acceptors (Lipinski definition) is 1. The molecule has 0 fully saturated rings. The molecular weight excluding hydrogens is 325 g/mol. The summed E-state index contributed by atoms with van der Waals surface area (Å²) in [6.45, 7) is 0.278. The molecule has 1 aliphatic rings. The third kappa shape index (κ3) is 4.27. The first-order chi connectivity index (χ1) is 12.3. The molecule has 1 aliphatic carbocycles. The Bertz CT molecular complexity index is 779. The largest absolute Gasteiger partial charge is 0.345 e. The van der Waals surface area contributed by atoms with Crippen LogP contribution in [0, 0.1) is 18.3 Å². The molecule has 0 spiro atoms. The van der Waals surface area contributed by atoms with E-state index in [0.717, 1.165) is 0 Å². The highest BCUT2D eigenvalue weighted by atomic mass is 31.1. The molecule has 0 bridgehead atoms. The second kappa shape index (κ2) is 8.47. The van der Waals surface area contributed by atoms with Gasteiger partial charge in [0.05, 0.1) is 12.5 Å². The summed E-state index contributed by atoms with van der Waals surface area (Å²) in [7, 11) is -0.608. The molecule has 1 amide bonds. The molecule has 2 aromatic rings. The standard InChI is InChI=1S/C22H20NOP/c1-2-17-23-22(24)18-13-15-21(16-14-18)25(19-9-5-3-6-10-19)20-11-7-4-8-12-20/h1,3-13,15-16,18H,14,17H2,(H,23,24). The number of carbonyl (C=O) groups excluding carboxylic acids is 1. The lowest BCUT2D eigenvalue weighted by atomic mass is 10.00. The van der Waals surface area contributed by atoms with Crippen molar-refractivity contribution < 1.29 is 4.79 Å². The molecule has 0 radical (unpaired) electrons. The van der Waals surface area contributed by atoms with Gasteiger partial charge in [-0.15, -0.1) is 6.42 Å². The highest BCUT2D eigenvalue weighted by molar-refractivity contribution is 7.77. The van der Waals surface area contributed by atoms with E-state index in [1.807, 2.05) is 18.2 Å². The van der Waals surface area contributed by atoms with Crippen LogP contribution in [0.1, 0.15) is 6.42 Å². The van der Waals surface area contributed by atoms with Crippen LogP contribution in [-0.4, -0.2) is 12.5 Å². The molecule has 2 aromatic carbocycles. The van der Waals surface area contributed by atoms with Crippen molar-refractivity contribution in [3.05, 3.63) is 84.2 Å². The van der Waals surface area contributed by atoms with Gasteiger partial charge < -0.3 is 5.32 Å². The van der Waals surface area contributed by atoms with Gasteiger partial charge >= 0.3 is 0 Å². The fraction of sp³-hybridized carbons (Fsp3) is 0.136. The van der Waals surface area contributed by atoms with E-state index in [2.05, 4.69) is 71.9 Å². The van der Waals surface area contributed by atoms with Crippen molar-refractivity contribution in [2.24, 2.45) is 5.92 Å². The van der Waals surface area contributed by atoms with Gasteiger partial charge in [-0.05, 0) is 30.3 Å². The minimum absolute atomic E-state index is 0.00625. The van der Waals surface area contributed by atoms with Gasteiger partial charge in [0.1, 0.15) is 0 Å². The van der Waals surface area contributed by atoms with Gasteiger partial charge in [-0.1, -0.05) is 84.8 Å². The number of benzene rings is 2. The maximum atomic E-state index is 12.1. The van der Waals surface area contributed by atoms with Gasteiger partial charge in [0.15, 0.2) is 0 Å². The molecule has 0 aliphatic heterocycles. The van der Waals surface area contributed by atoms with Crippen LogP contribution in [0.4, 0.5) is 0 Å². The van der Waals surface area contributed by atoms with Crippen molar-refractivity contribution in [2.75, 3.05) is 6.54 Å². The summed E-state index contributed by atoms with van der Waals surface area (Å²) in [5.41, 5.74) is 0. The first-order valence-corrected chi connectivity index (χ1v) is 9.63. The Kier molecular flexibility index (Phi) is 5.83.